The molecule has 150 valence electrons. The van der Waals surface area contributed by atoms with Crippen LogP contribution in [-0.4, -0.2) is 28.8 Å². The second-order valence-corrected chi connectivity index (χ2v) is 7.15. The number of esters is 1. The molecule has 0 bridgehead atoms. The molecule has 7 nitrogen and oxygen atoms in total. The van der Waals surface area contributed by atoms with E-state index >= 15 is 0 Å². The van der Waals surface area contributed by atoms with Crippen LogP contribution in [0.4, 0.5) is 0 Å². The number of carbonyl (C=O) groups excluding carboxylic acids is 2. The minimum Gasteiger partial charge on any atom is -0.465 e. The Balaban J connectivity index is 1.86. The second-order valence-electron chi connectivity index (χ2n) is 7.15. The van der Waals surface area contributed by atoms with Crippen molar-refractivity contribution in [2.24, 2.45) is 5.92 Å². The highest BCUT2D eigenvalue weighted by Gasteiger charge is 2.17. The van der Waals surface area contributed by atoms with E-state index in [2.05, 4.69) is 15.2 Å². The first-order valence-corrected chi connectivity index (χ1v) is 9.36. The molecule has 0 aliphatic rings. The number of ether oxygens (including phenoxy) is 1. The molecule has 1 N–H and O–H groups in total. The monoisotopic (exact) mass is 393 g/mol. The standard InChI is InChI=1S/C22H23N3O4/c1-14(2)13-25-21(27)18-7-5-4-6-17(18)19(24-25)20(26)23-12-15-8-10-16(11-9-15)22(28)29-3/h4-11,14H,12-13H2,1-3H3,(H,23,26). The summed E-state index contributed by atoms with van der Waals surface area (Å²) in [6.45, 7) is 4.67. The molecule has 0 fully saturated rings. The molecule has 3 rings (SSSR count). The molecule has 0 unspecified atom stereocenters. The van der Waals surface area contributed by atoms with Crippen LogP contribution in [0.3, 0.4) is 0 Å². The van der Waals surface area contributed by atoms with E-state index in [1.807, 2.05) is 13.8 Å². The Kier molecular flexibility index (Phi) is 6.07. The van der Waals surface area contributed by atoms with Gasteiger partial charge < -0.3 is 10.1 Å². The fourth-order valence-electron chi connectivity index (χ4n) is 3.02. The molecule has 0 atom stereocenters. The van der Waals surface area contributed by atoms with Crippen LogP contribution >= 0.6 is 0 Å². The lowest BCUT2D eigenvalue weighted by Gasteiger charge is -2.13. The van der Waals surface area contributed by atoms with Crippen molar-refractivity contribution in [3.8, 4) is 0 Å². The summed E-state index contributed by atoms with van der Waals surface area (Å²) in [5.41, 5.74) is 1.28. The minimum atomic E-state index is -0.413. The molecule has 0 spiro atoms. The van der Waals surface area contributed by atoms with Crippen LogP contribution in [0.5, 0.6) is 0 Å². The van der Waals surface area contributed by atoms with Crippen LogP contribution in [-0.2, 0) is 17.8 Å². The highest BCUT2D eigenvalue weighted by atomic mass is 16.5. The van der Waals surface area contributed by atoms with E-state index in [4.69, 9.17) is 0 Å². The zero-order valence-electron chi connectivity index (χ0n) is 16.6. The van der Waals surface area contributed by atoms with Gasteiger partial charge in [-0.3, -0.25) is 9.59 Å². The third-order valence-corrected chi connectivity index (χ3v) is 4.45. The van der Waals surface area contributed by atoms with Gasteiger partial charge in [0, 0.05) is 18.5 Å². The van der Waals surface area contributed by atoms with Gasteiger partial charge in [-0.15, -0.1) is 0 Å². The third kappa shape index (κ3) is 4.51. The van der Waals surface area contributed by atoms with Gasteiger partial charge in [-0.2, -0.15) is 5.10 Å². The predicted molar refractivity (Wildman–Crippen MR) is 110 cm³/mol. The fourth-order valence-corrected chi connectivity index (χ4v) is 3.02. The van der Waals surface area contributed by atoms with Crippen LogP contribution in [0.25, 0.3) is 10.8 Å². The number of nitrogens with one attached hydrogen (secondary N) is 1. The second kappa shape index (κ2) is 8.68. The molecular weight excluding hydrogens is 370 g/mol. The average Bonchev–Trinajstić information content (AvgIpc) is 2.73. The van der Waals surface area contributed by atoms with Gasteiger partial charge in [0.15, 0.2) is 5.69 Å². The molecule has 1 aromatic heterocycles. The molecule has 3 aromatic rings. The van der Waals surface area contributed by atoms with Gasteiger partial charge in [0.25, 0.3) is 11.5 Å². The smallest absolute Gasteiger partial charge is 0.337 e. The van der Waals surface area contributed by atoms with Crippen molar-refractivity contribution in [1.82, 2.24) is 15.1 Å². The first-order valence-electron chi connectivity index (χ1n) is 9.36. The van der Waals surface area contributed by atoms with Crippen molar-refractivity contribution >= 4 is 22.6 Å². The van der Waals surface area contributed by atoms with Gasteiger partial charge in [-0.25, -0.2) is 9.48 Å². The topological polar surface area (TPSA) is 90.3 Å². The van der Waals surface area contributed by atoms with Gasteiger partial charge in [-0.05, 0) is 29.7 Å². The number of hydrogen-bond donors (Lipinski definition) is 1. The number of amides is 1. The number of rotatable bonds is 6. The maximum Gasteiger partial charge on any atom is 0.337 e. The van der Waals surface area contributed by atoms with Gasteiger partial charge in [-0.1, -0.05) is 44.2 Å². The van der Waals surface area contributed by atoms with Crippen LogP contribution < -0.4 is 10.9 Å². The van der Waals surface area contributed by atoms with E-state index < -0.39 is 5.97 Å². The molecule has 2 aromatic carbocycles. The molecule has 1 heterocycles. The molecule has 0 saturated heterocycles. The number of fused-ring (bicyclic) bond motifs is 1. The number of methoxy groups -OCH3 is 1. The van der Waals surface area contributed by atoms with Crippen molar-refractivity contribution in [3.63, 3.8) is 0 Å². The van der Waals surface area contributed by atoms with Crippen molar-refractivity contribution in [3.05, 3.63) is 75.7 Å². The zero-order chi connectivity index (χ0) is 21.0. The first-order chi connectivity index (χ1) is 13.9. The Labute approximate surface area is 168 Å². The van der Waals surface area contributed by atoms with Gasteiger partial charge in [0.05, 0.1) is 18.1 Å². The molecule has 1 amide bonds. The van der Waals surface area contributed by atoms with Gasteiger partial charge in [0.1, 0.15) is 0 Å². The number of nitrogens with zero attached hydrogens (tertiary/aromatic N) is 2. The molecule has 0 radical (unpaired) electrons. The van der Waals surface area contributed by atoms with Crippen molar-refractivity contribution in [2.75, 3.05) is 7.11 Å². The Morgan fingerprint density at radius 2 is 1.72 bits per heavy atom. The lowest BCUT2D eigenvalue weighted by atomic mass is 10.1. The summed E-state index contributed by atoms with van der Waals surface area (Å²) >= 11 is 0. The Morgan fingerprint density at radius 3 is 2.34 bits per heavy atom. The van der Waals surface area contributed by atoms with Gasteiger partial charge >= 0.3 is 5.97 Å². The summed E-state index contributed by atoms with van der Waals surface area (Å²) in [5, 5.41) is 8.16. The SMILES string of the molecule is COC(=O)c1ccc(CNC(=O)c2nn(CC(C)C)c(=O)c3ccccc23)cc1. The highest BCUT2D eigenvalue weighted by molar-refractivity contribution is 6.04. The lowest BCUT2D eigenvalue weighted by Crippen LogP contribution is -2.31. The van der Waals surface area contributed by atoms with Crippen molar-refractivity contribution < 1.29 is 14.3 Å². The van der Waals surface area contributed by atoms with E-state index in [1.54, 1.807) is 48.5 Å². The molecule has 0 saturated carbocycles. The molecule has 29 heavy (non-hydrogen) atoms. The number of carbonyl (C=O) groups is 2. The Hall–Kier alpha value is -3.48. The Morgan fingerprint density at radius 1 is 1.07 bits per heavy atom. The first kappa shape index (κ1) is 20.3. The summed E-state index contributed by atoms with van der Waals surface area (Å²) in [5.74, 6) is -0.565. The van der Waals surface area contributed by atoms with Crippen LogP contribution in [0.15, 0.2) is 53.3 Å². The van der Waals surface area contributed by atoms with Crippen LogP contribution in [0.1, 0.15) is 40.3 Å². The predicted octanol–water partition coefficient (Wildman–Crippen LogP) is 2.77. The quantitative estimate of drug-likeness (QED) is 0.651. The molecule has 0 aliphatic heterocycles. The number of benzene rings is 2. The van der Waals surface area contributed by atoms with E-state index in [1.165, 1.54) is 11.8 Å². The van der Waals surface area contributed by atoms with Gasteiger partial charge in [0.2, 0.25) is 0 Å². The summed E-state index contributed by atoms with van der Waals surface area (Å²) in [6.07, 6.45) is 0. The molecular formula is C22H23N3O4. The van der Waals surface area contributed by atoms with E-state index in [0.717, 1.165) is 5.56 Å². The van der Waals surface area contributed by atoms with Crippen LogP contribution in [0, 0.1) is 5.92 Å². The summed E-state index contributed by atoms with van der Waals surface area (Å²) in [6, 6.07) is 13.8. The normalized spacial score (nSPS) is 10.9. The summed E-state index contributed by atoms with van der Waals surface area (Å²) in [4.78, 5) is 37.0. The molecule has 7 heteroatoms. The maximum atomic E-state index is 12.8. The fraction of sp³-hybridized carbons (Fsp3) is 0.273. The van der Waals surface area contributed by atoms with E-state index in [0.29, 0.717) is 22.9 Å². The summed E-state index contributed by atoms with van der Waals surface area (Å²) in [7, 11) is 1.33. The average molecular weight is 393 g/mol. The summed E-state index contributed by atoms with van der Waals surface area (Å²) < 4.78 is 6.03. The van der Waals surface area contributed by atoms with Crippen LogP contribution in [0.2, 0.25) is 0 Å². The number of aromatic nitrogens is 2. The van der Waals surface area contributed by atoms with E-state index in [9.17, 15) is 14.4 Å². The minimum absolute atomic E-state index is 0.204. The largest absolute Gasteiger partial charge is 0.465 e. The maximum absolute atomic E-state index is 12.8. The van der Waals surface area contributed by atoms with Crippen molar-refractivity contribution in [2.45, 2.75) is 26.9 Å². The zero-order valence-corrected chi connectivity index (χ0v) is 16.6. The molecule has 0 aliphatic carbocycles. The third-order valence-electron chi connectivity index (χ3n) is 4.45. The van der Waals surface area contributed by atoms with E-state index in [-0.39, 0.29) is 29.6 Å². The van der Waals surface area contributed by atoms with Crippen molar-refractivity contribution in [1.29, 1.82) is 0 Å². The lowest BCUT2D eigenvalue weighted by molar-refractivity contribution is 0.0600. The highest BCUT2D eigenvalue weighted by Crippen LogP contribution is 2.14. The number of hydrogen-bond acceptors (Lipinski definition) is 5. The Bertz CT molecular complexity index is 1100.